The van der Waals surface area contributed by atoms with Crippen molar-refractivity contribution in [3.8, 4) is 0 Å². The van der Waals surface area contributed by atoms with Crippen LogP contribution < -0.4 is 11.1 Å². The quantitative estimate of drug-likeness (QED) is 0.757. The Morgan fingerprint density at radius 3 is 2.75 bits per heavy atom. The van der Waals surface area contributed by atoms with Crippen LogP contribution >= 0.6 is 11.8 Å². The number of nitrogens with one attached hydrogen (secondary N) is 1. The molecule has 0 radical (unpaired) electrons. The van der Waals surface area contributed by atoms with E-state index in [0.717, 1.165) is 17.0 Å². The number of rotatable bonds is 7. The van der Waals surface area contributed by atoms with E-state index >= 15 is 0 Å². The molecule has 0 spiro atoms. The van der Waals surface area contributed by atoms with Gasteiger partial charge in [-0.2, -0.15) is 0 Å². The summed E-state index contributed by atoms with van der Waals surface area (Å²) in [4.78, 5) is 28.7. The lowest BCUT2D eigenvalue weighted by Gasteiger charge is -2.12. The summed E-state index contributed by atoms with van der Waals surface area (Å²) < 4.78 is 0. The maximum Gasteiger partial charge on any atom is 0.252 e. The van der Waals surface area contributed by atoms with Crippen molar-refractivity contribution in [2.75, 3.05) is 0 Å². The van der Waals surface area contributed by atoms with Gasteiger partial charge in [-0.3, -0.25) is 14.6 Å². The lowest BCUT2D eigenvalue weighted by molar-refractivity contribution is -0.117. The zero-order valence-electron chi connectivity index (χ0n) is 13.8. The Kier molecular flexibility index (Phi) is 6.37. The molecule has 1 aromatic heterocycles. The molecule has 0 aliphatic heterocycles. The lowest BCUT2D eigenvalue weighted by Crippen LogP contribution is -2.25. The molecule has 3 N–H and O–H groups in total. The summed E-state index contributed by atoms with van der Waals surface area (Å²) in [6, 6.07) is 11.1. The Bertz CT molecular complexity index is 734. The first kappa shape index (κ1) is 18.0. The summed E-state index contributed by atoms with van der Waals surface area (Å²) in [6.45, 7) is 4.16. The van der Waals surface area contributed by atoms with Crippen molar-refractivity contribution in [2.45, 2.75) is 37.0 Å². The summed E-state index contributed by atoms with van der Waals surface area (Å²) >= 11 is 1.28. The number of pyridine rings is 1. The molecule has 1 atom stereocenters. The van der Waals surface area contributed by atoms with Crippen LogP contribution in [-0.2, 0) is 17.8 Å². The predicted octanol–water partition coefficient (Wildman–Crippen LogP) is 2.54. The maximum atomic E-state index is 12.5. The van der Waals surface area contributed by atoms with E-state index in [1.165, 1.54) is 17.3 Å². The van der Waals surface area contributed by atoms with Crippen molar-refractivity contribution < 1.29 is 9.59 Å². The first-order valence-electron chi connectivity index (χ1n) is 7.78. The number of amides is 2. The fraction of sp³-hybridized carbons (Fsp3) is 0.278. The molecule has 6 heteroatoms. The van der Waals surface area contributed by atoms with Crippen LogP contribution in [0.3, 0.4) is 0 Å². The number of primary amides is 1. The minimum atomic E-state index is -0.407. The van der Waals surface area contributed by atoms with Gasteiger partial charge in [-0.25, -0.2) is 0 Å². The second kappa shape index (κ2) is 8.49. The topological polar surface area (TPSA) is 85.1 Å². The minimum Gasteiger partial charge on any atom is -0.369 e. The first-order chi connectivity index (χ1) is 11.5. The van der Waals surface area contributed by atoms with E-state index in [0.29, 0.717) is 12.1 Å². The van der Waals surface area contributed by atoms with Gasteiger partial charge in [0.05, 0.1) is 23.1 Å². The summed E-state index contributed by atoms with van der Waals surface area (Å²) in [6.07, 6.45) is 2.67. The molecule has 24 heavy (non-hydrogen) atoms. The van der Waals surface area contributed by atoms with Gasteiger partial charge in [0.2, 0.25) is 5.91 Å². The monoisotopic (exact) mass is 343 g/mol. The molecule has 0 saturated heterocycles. The minimum absolute atomic E-state index is 0.196. The molecule has 0 saturated carbocycles. The van der Waals surface area contributed by atoms with Gasteiger partial charge in [-0.1, -0.05) is 19.1 Å². The van der Waals surface area contributed by atoms with E-state index in [2.05, 4.69) is 17.2 Å². The van der Waals surface area contributed by atoms with Gasteiger partial charge >= 0.3 is 0 Å². The number of aryl methyl sites for hydroxylation is 1. The largest absolute Gasteiger partial charge is 0.369 e. The average Bonchev–Trinajstić information content (AvgIpc) is 2.60. The van der Waals surface area contributed by atoms with E-state index < -0.39 is 11.2 Å². The van der Waals surface area contributed by atoms with E-state index in [1.54, 1.807) is 25.3 Å². The highest BCUT2D eigenvalue weighted by atomic mass is 32.2. The van der Waals surface area contributed by atoms with Crippen LogP contribution in [0, 0.1) is 0 Å². The summed E-state index contributed by atoms with van der Waals surface area (Å²) in [7, 11) is 0. The smallest absolute Gasteiger partial charge is 0.252 e. The standard InChI is InChI=1S/C18H21N3O2S/c1-3-13-8-9-20-14(10-13)11-21-18(23)15-6-4-5-7-16(15)24-12(2)17(19)22/h4-10,12H,3,11H2,1-2H3,(H2,19,22)(H,21,23)/t12-/m0/s1. The molecular weight excluding hydrogens is 322 g/mol. The third kappa shape index (κ3) is 4.83. The van der Waals surface area contributed by atoms with Crippen LogP contribution in [0.25, 0.3) is 0 Å². The summed E-state index contributed by atoms with van der Waals surface area (Å²) in [5.41, 5.74) is 7.83. The molecule has 0 aliphatic carbocycles. The van der Waals surface area contributed by atoms with Crippen molar-refractivity contribution in [1.82, 2.24) is 10.3 Å². The number of carbonyl (C=O) groups excluding carboxylic acids is 2. The SMILES string of the molecule is CCc1ccnc(CNC(=O)c2ccccc2S[C@@H](C)C(N)=O)c1. The molecule has 2 amide bonds. The van der Waals surface area contributed by atoms with Crippen LogP contribution in [0.2, 0.25) is 0 Å². The second-order valence-corrected chi connectivity index (χ2v) is 6.73. The Morgan fingerprint density at radius 1 is 1.29 bits per heavy atom. The molecule has 1 aromatic carbocycles. The summed E-state index contributed by atoms with van der Waals surface area (Å²) in [5.74, 6) is -0.603. The average molecular weight is 343 g/mol. The van der Waals surface area contributed by atoms with E-state index in [1.807, 2.05) is 24.3 Å². The number of thioether (sulfide) groups is 1. The number of nitrogens with zero attached hydrogens (tertiary/aromatic N) is 1. The Morgan fingerprint density at radius 2 is 2.04 bits per heavy atom. The van der Waals surface area contributed by atoms with Gasteiger partial charge in [0, 0.05) is 11.1 Å². The van der Waals surface area contributed by atoms with Gasteiger partial charge in [0.25, 0.3) is 5.91 Å². The van der Waals surface area contributed by atoms with E-state index in [-0.39, 0.29) is 5.91 Å². The highest BCUT2D eigenvalue weighted by molar-refractivity contribution is 8.00. The fourth-order valence-electron chi connectivity index (χ4n) is 2.12. The number of hydrogen-bond donors (Lipinski definition) is 2. The zero-order chi connectivity index (χ0) is 17.5. The van der Waals surface area contributed by atoms with Gasteiger partial charge in [-0.15, -0.1) is 11.8 Å². The molecule has 0 aliphatic rings. The molecule has 5 nitrogen and oxygen atoms in total. The zero-order valence-corrected chi connectivity index (χ0v) is 14.6. The van der Waals surface area contributed by atoms with Gasteiger partial charge in [0.1, 0.15) is 0 Å². The van der Waals surface area contributed by atoms with Gasteiger partial charge < -0.3 is 11.1 Å². The molecule has 2 rings (SSSR count). The number of nitrogens with two attached hydrogens (primary N) is 1. The Labute approximate surface area is 146 Å². The van der Waals surface area contributed by atoms with Crippen LogP contribution in [0.15, 0.2) is 47.5 Å². The highest BCUT2D eigenvalue weighted by Crippen LogP contribution is 2.26. The Balaban J connectivity index is 2.08. The predicted molar refractivity (Wildman–Crippen MR) is 95.7 cm³/mol. The number of benzene rings is 1. The van der Waals surface area contributed by atoms with Crippen LogP contribution in [-0.4, -0.2) is 22.0 Å². The highest BCUT2D eigenvalue weighted by Gasteiger charge is 2.16. The number of aromatic nitrogens is 1. The van der Waals surface area contributed by atoms with E-state index in [9.17, 15) is 9.59 Å². The van der Waals surface area contributed by atoms with Gasteiger partial charge in [0.15, 0.2) is 0 Å². The van der Waals surface area contributed by atoms with Crippen molar-refractivity contribution >= 4 is 23.6 Å². The van der Waals surface area contributed by atoms with Crippen molar-refractivity contribution in [3.63, 3.8) is 0 Å². The van der Waals surface area contributed by atoms with Crippen LogP contribution in [0.4, 0.5) is 0 Å². The van der Waals surface area contributed by atoms with Gasteiger partial charge in [-0.05, 0) is 43.2 Å². The lowest BCUT2D eigenvalue weighted by atomic mass is 10.2. The first-order valence-corrected chi connectivity index (χ1v) is 8.66. The third-order valence-corrected chi connectivity index (χ3v) is 4.75. The maximum absolute atomic E-state index is 12.5. The summed E-state index contributed by atoms with van der Waals surface area (Å²) in [5, 5.41) is 2.48. The van der Waals surface area contributed by atoms with Crippen molar-refractivity contribution in [3.05, 3.63) is 59.4 Å². The second-order valence-electron chi connectivity index (χ2n) is 5.35. The Hall–Kier alpha value is -2.34. The molecule has 2 aromatic rings. The molecule has 0 bridgehead atoms. The molecule has 0 unspecified atom stereocenters. The van der Waals surface area contributed by atoms with Crippen LogP contribution in [0.1, 0.15) is 35.5 Å². The molecule has 126 valence electrons. The number of hydrogen-bond acceptors (Lipinski definition) is 4. The normalized spacial score (nSPS) is 11.8. The van der Waals surface area contributed by atoms with Crippen molar-refractivity contribution in [1.29, 1.82) is 0 Å². The third-order valence-electron chi connectivity index (χ3n) is 3.56. The van der Waals surface area contributed by atoms with Crippen molar-refractivity contribution in [2.24, 2.45) is 5.73 Å². The molecular formula is C18H21N3O2S. The fourth-order valence-corrected chi connectivity index (χ4v) is 3.06. The van der Waals surface area contributed by atoms with E-state index in [4.69, 9.17) is 5.73 Å². The molecule has 0 fully saturated rings. The number of carbonyl (C=O) groups is 2. The molecule has 1 heterocycles. The van der Waals surface area contributed by atoms with Crippen LogP contribution in [0.5, 0.6) is 0 Å².